The third-order valence-corrected chi connectivity index (χ3v) is 5.96. The van der Waals surface area contributed by atoms with Crippen LogP contribution in [-0.2, 0) is 4.74 Å². The summed E-state index contributed by atoms with van der Waals surface area (Å²) in [6, 6.07) is 5.85. The Kier molecular flexibility index (Phi) is 4.57. The van der Waals surface area contributed by atoms with Gasteiger partial charge in [-0.1, -0.05) is 0 Å². The van der Waals surface area contributed by atoms with Gasteiger partial charge in [0, 0.05) is 63.9 Å². The van der Waals surface area contributed by atoms with Crippen molar-refractivity contribution in [3.05, 3.63) is 24.0 Å². The highest BCUT2D eigenvalue weighted by molar-refractivity contribution is 5.49. The molecule has 0 saturated carbocycles. The molecule has 0 amide bonds. The molecule has 1 unspecified atom stereocenters. The quantitative estimate of drug-likeness (QED) is 0.828. The van der Waals surface area contributed by atoms with E-state index in [1.807, 2.05) is 12.1 Å². The summed E-state index contributed by atoms with van der Waals surface area (Å²) in [6.45, 7) is 3.51. The maximum absolute atomic E-state index is 13.2. The lowest BCUT2D eigenvalue weighted by Crippen LogP contribution is -2.59. The molecule has 7 heteroatoms. The zero-order chi connectivity index (χ0) is 18.2. The third kappa shape index (κ3) is 3.67. The molecule has 1 aromatic heterocycles. The minimum Gasteiger partial charge on any atom is -0.371 e. The topological polar surface area (TPSA) is 52.4 Å². The lowest BCUT2D eigenvalue weighted by Gasteiger charge is -2.53. The summed E-state index contributed by atoms with van der Waals surface area (Å²) in [5.74, 6) is -2.48. The SMILES string of the molecule is N#Cc1cc(N2CCC3(CC2)CC(CN2CCC(F)(F)CC2)O3)ccn1. The smallest absolute Gasteiger partial charge is 0.250 e. The van der Waals surface area contributed by atoms with Gasteiger partial charge in [0.25, 0.3) is 5.92 Å². The van der Waals surface area contributed by atoms with Gasteiger partial charge >= 0.3 is 0 Å². The van der Waals surface area contributed by atoms with E-state index in [1.165, 1.54) is 0 Å². The lowest BCUT2D eigenvalue weighted by molar-refractivity contribution is -0.222. The average Bonchev–Trinajstić information content (AvgIpc) is 2.63. The van der Waals surface area contributed by atoms with Crippen molar-refractivity contribution in [2.45, 2.75) is 49.7 Å². The Bertz CT molecular complexity index is 679. The zero-order valence-electron chi connectivity index (χ0n) is 14.8. The molecule has 140 valence electrons. The predicted octanol–water partition coefficient (Wildman–Crippen LogP) is 2.81. The van der Waals surface area contributed by atoms with Crippen molar-refractivity contribution in [2.75, 3.05) is 37.6 Å². The normalized spacial score (nSPS) is 27.7. The van der Waals surface area contributed by atoms with Crippen LogP contribution < -0.4 is 4.90 Å². The van der Waals surface area contributed by atoms with Gasteiger partial charge in [0.05, 0.1) is 11.7 Å². The molecule has 1 spiro atoms. The molecular weight excluding hydrogens is 338 g/mol. The summed E-state index contributed by atoms with van der Waals surface area (Å²) in [4.78, 5) is 8.41. The first kappa shape index (κ1) is 17.6. The van der Waals surface area contributed by atoms with Crippen molar-refractivity contribution in [1.29, 1.82) is 5.26 Å². The molecule has 3 fully saturated rings. The van der Waals surface area contributed by atoms with Crippen molar-refractivity contribution in [3.8, 4) is 6.07 Å². The second-order valence-corrected chi connectivity index (χ2v) is 7.78. The van der Waals surface area contributed by atoms with Gasteiger partial charge in [0.2, 0.25) is 0 Å². The maximum Gasteiger partial charge on any atom is 0.250 e. The second kappa shape index (κ2) is 6.75. The first-order valence-corrected chi connectivity index (χ1v) is 9.36. The molecule has 26 heavy (non-hydrogen) atoms. The Morgan fingerprint density at radius 2 is 1.88 bits per heavy atom. The van der Waals surface area contributed by atoms with E-state index in [0.29, 0.717) is 18.8 Å². The van der Waals surface area contributed by atoms with Crippen LogP contribution in [0.3, 0.4) is 0 Å². The van der Waals surface area contributed by atoms with Gasteiger partial charge < -0.3 is 14.5 Å². The number of nitriles is 1. The fraction of sp³-hybridized carbons (Fsp3) is 0.684. The highest BCUT2D eigenvalue weighted by Crippen LogP contribution is 2.42. The molecule has 5 nitrogen and oxygen atoms in total. The monoisotopic (exact) mass is 362 g/mol. The molecule has 0 N–H and O–H groups in total. The van der Waals surface area contributed by atoms with Gasteiger partial charge in [-0.3, -0.25) is 0 Å². The molecule has 4 heterocycles. The number of pyridine rings is 1. The number of hydrogen-bond donors (Lipinski definition) is 0. The molecular formula is C19H24F2N4O. The number of nitrogens with zero attached hydrogens (tertiary/aromatic N) is 4. The molecule has 3 saturated heterocycles. The predicted molar refractivity (Wildman–Crippen MR) is 93.2 cm³/mol. The summed E-state index contributed by atoms with van der Waals surface area (Å²) < 4.78 is 32.7. The average molecular weight is 362 g/mol. The van der Waals surface area contributed by atoms with Gasteiger partial charge in [0.1, 0.15) is 11.8 Å². The van der Waals surface area contributed by atoms with E-state index in [9.17, 15) is 8.78 Å². The van der Waals surface area contributed by atoms with Crippen molar-refractivity contribution in [1.82, 2.24) is 9.88 Å². The van der Waals surface area contributed by atoms with Crippen LogP contribution in [-0.4, -0.2) is 60.2 Å². The van der Waals surface area contributed by atoms with Crippen LogP contribution >= 0.6 is 0 Å². The van der Waals surface area contributed by atoms with Crippen LogP contribution in [0.5, 0.6) is 0 Å². The van der Waals surface area contributed by atoms with E-state index >= 15 is 0 Å². The number of rotatable bonds is 3. The van der Waals surface area contributed by atoms with Crippen molar-refractivity contribution in [3.63, 3.8) is 0 Å². The highest BCUT2D eigenvalue weighted by Gasteiger charge is 2.48. The van der Waals surface area contributed by atoms with Crippen molar-refractivity contribution < 1.29 is 13.5 Å². The van der Waals surface area contributed by atoms with Gasteiger partial charge in [-0.25, -0.2) is 13.8 Å². The number of piperidine rings is 2. The van der Waals surface area contributed by atoms with E-state index in [1.54, 1.807) is 6.20 Å². The van der Waals surface area contributed by atoms with Crippen molar-refractivity contribution in [2.24, 2.45) is 0 Å². The Hall–Kier alpha value is -1.78. The van der Waals surface area contributed by atoms with Crippen LogP contribution in [0.2, 0.25) is 0 Å². The largest absolute Gasteiger partial charge is 0.371 e. The van der Waals surface area contributed by atoms with E-state index < -0.39 is 5.92 Å². The molecule has 4 rings (SSSR count). The second-order valence-electron chi connectivity index (χ2n) is 7.78. The first-order valence-electron chi connectivity index (χ1n) is 9.36. The number of ether oxygens (including phenoxy) is 1. The molecule has 3 aliphatic rings. The number of halogens is 2. The summed E-state index contributed by atoms with van der Waals surface area (Å²) in [5.41, 5.74) is 1.44. The fourth-order valence-corrected chi connectivity index (χ4v) is 4.38. The molecule has 1 aromatic rings. The third-order valence-electron chi connectivity index (χ3n) is 5.96. The van der Waals surface area contributed by atoms with Crippen LogP contribution in [0.15, 0.2) is 18.3 Å². The standard InChI is InChI=1S/C19H24F2N4O/c20-19(21)4-7-24(8-5-19)14-17-12-18(26-17)2-9-25(10-3-18)16-1-6-23-15(11-16)13-22/h1,6,11,17H,2-5,7-10,12,14H2. The highest BCUT2D eigenvalue weighted by atomic mass is 19.3. The van der Waals surface area contributed by atoms with E-state index in [-0.39, 0.29) is 24.5 Å². The van der Waals surface area contributed by atoms with Crippen LogP contribution in [0.1, 0.15) is 37.8 Å². The van der Waals surface area contributed by atoms with Crippen LogP contribution in [0, 0.1) is 11.3 Å². The van der Waals surface area contributed by atoms with Gasteiger partial charge in [-0.05, 0) is 25.0 Å². The van der Waals surface area contributed by atoms with E-state index in [2.05, 4.69) is 20.9 Å². The summed E-state index contributed by atoms with van der Waals surface area (Å²) >= 11 is 0. The maximum atomic E-state index is 13.2. The minimum absolute atomic E-state index is 0.0313. The molecule has 0 radical (unpaired) electrons. The first-order chi connectivity index (χ1) is 12.5. The number of hydrogen-bond acceptors (Lipinski definition) is 5. The van der Waals surface area contributed by atoms with E-state index in [0.717, 1.165) is 44.6 Å². The number of likely N-dealkylation sites (tertiary alicyclic amines) is 1. The van der Waals surface area contributed by atoms with Crippen molar-refractivity contribution >= 4 is 5.69 Å². The van der Waals surface area contributed by atoms with E-state index in [4.69, 9.17) is 10.00 Å². The van der Waals surface area contributed by atoms with Gasteiger partial charge in [0.15, 0.2) is 0 Å². The Morgan fingerprint density at radius 1 is 1.19 bits per heavy atom. The summed E-state index contributed by atoms with van der Waals surface area (Å²) in [5, 5.41) is 8.99. The zero-order valence-corrected chi connectivity index (χ0v) is 14.8. The Balaban J connectivity index is 1.24. The molecule has 0 aromatic carbocycles. The molecule has 1 atom stereocenters. The molecule has 0 aliphatic carbocycles. The number of alkyl halides is 2. The van der Waals surface area contributed by atoms with Gasteiger partial charge in [-0.2, -0.15) is 5.26 Å². The number of aromatic nitrogens is 1. The van der Waals surface area contributed by atoms with Crippen LogP contribution in [0.25, 0.3) is 0 Å². The van der Waals surface area contributed by atoms with Gasteiger partial charge in [-0.15, -0.1) is 0 Å². The summed E-state index contributed by atoms with van der Waals surface area (Å²) in [7, 11) is 0. The minimum atomic E-state index is -2.48. The summed E-state index contributed by atoms with van der Waals surface area (Å²) in [6.07, 6.45) is 4.74. The molecule has 0 bridgehead atoms. The Labute approximate surface area is 152 Å². The number of anilines is 1. The van der Waals surface area contributed by atoms with Crippen LogP contribution in [0.4, 0.5) is 14.5 Å². The fourth-order valence-electron chi connectivity index (χ4n) is 4.38. The lowest BCUT2D eigenvalue weighted by atomic mass is 9.80. The Morgan fingerprint density at radius 3 is 2.54 bits per heavy atom. The molecule has 3 aliphatic heterocycles.